The molecule has 1 aromatic carbocycles. The maximum absolute atomic E-state index is 12.7. The van der Waals surface area contributed by atoms with Crippen LogP contribution in [-0.2, 0) is 11.3 Å². The van der Waals surface area contributed by atoms with Gasteiger partial charge in [-0.2, -0.15) is 5.10 Å². The van der Waals surface area contributed by atoms with Gasteiger partial charge in [-0.1, -0.05) is 17.4 Å². The SMILES string of the molecule is CCN(CCO)C(=O)Cn1cc(C)c(Nc2ncc(C(=O)Nc3c(C)ccc(O)c3C)s2)n1. The fourth-order valence-electron chi connectivity index (χ4n) is 3.29. The van der Waals surface area contributed by atoms with E-state index in [0.717, 1.165) is 11.1 Å². The van der Waals surface area contributed by atoms with Crippen LogP contribution in [0.25, 0.3) is 0 Å². The Balaban J connectivity index is 1.68. The Kier molecular flexibility index (Phi) is 7.67. The lowest BCUT2D eigenvalue weighted by Crippen LogP contribution is -2.35. The molecule has 0 atom stereocenters. The van der Waals surface area contributed by atoms with Gasteiger partial charge in [0.1, 0.15) is 17.2 Å². The van der Waals surface area contributed by atoms with Crippen LogP contribution in [0.15, 0.2) is 24.5 Å². The first kappa shape index (κ1) is 24.2. The molecule has 2 heterocycles. The highest BCUT2D eigenvalue weighted by molar-refractivity contribution is 7.17. The molecule has 0 aliphatic heterocycles. The Morgan fingerprint density at radius 2 is 1.97 bits per heavy atom. The highest BCUT2D eigenvalue weighted by atomic mass is 32.1. The van der Waals surface area contributed by atoms with Gasteiger partial charge in [0, 0.05) is 30.4 Å². The largest absolute Gasteiger partial charge is 0.508 e. The number of amides is 2. The molecule has 0 saturated heterocycles. The van der Waals surface area contributed by atoms with E-state index in [1.54, 1.807) is 30.2 Å². The van der Waals surface area contributed by atoms with E-state index >= 15 is 0 Å². The number of nitrogens with one attached hydrogen (secondary N) is 2. The summed E-state index contributed by atoms with van der Waals surface area (Å²) >= 11 is 1.17. The Hall–Kier alpha value is -3.44. The predicted octanol–water partition coefficient (Wildman–Crippen LogP) is 2.81. The van der Waals surface area contributed by atoms with Crippen molar-refractivity contribution in [2.24, 2.45) is 0 Å². The Morgan fingerprint density at radius 1 is 1.21 bits per heavy atom. The number of nitrogens with zero attached hydrogens (tertiary/aromatic N) is 4. The van der Waals surface area contributed by atoms with Crippen LogP contribution in [0.2, 0.25) is 0 Å². The van der Waals surface area contributed by atoms with Crippen molar-refractivity contribution in [1.82, 2.24) is 19.7 Å². The van der Waals surface area contributed by atoms with Crippen molar-refractivity contribution in [2.75, 3.05) is 30.3 Å². The van der Waals surface area contributed by atoms with Crippen molar-refractivity contribution in [3.05, 3.63) is 46.1 Å². The number of benzene rings is 1. The van der Waals surface area contributed by atoms with Crippen LogP contribution < -0.4 is 10.6 Å². The Bertz CT molecular complexity index is 1160. The number of hydrogen-bond acceptors (Lipinski definition) is 8. The van der Waals surface area contributed by atoms with Crippen LogP contribution >= 0.6 is 11.3 Å². The summed E-state index contributed by atoms with van der Waals surface area (Å²) in [5.41, 5.74) is 2.84. The summed E-state index contributed by atoms with van der Waals surface area (Å²) in [7, 11) is 0. The summed E-state index contributed by atoms with van der Waals surface area (Å²) < 4.78 is 1.54. The number of phenolic OH excluding ortho intramolecular Hbond substituents is 1. The highest BCUT2D eigenvalue weighted by Gasteiger charge is 2.17. The molecule has 3 aromatic rings. The van der Waals surface area contributed by atoms with Crippen LogP contribution in [0.5, 0.6) is 5.75 Å². The van der Waals surface area contributed by atoms with Crippen LogP contribution in [0, 0.1) is 20.8 Å². The molecule has 176 valence electrons. The maximum Gasteiger partial charge on any atom is 0.267 e. The van der Waals surface area contributed by atoms with Crippen molar-refractivity contribution in [1.29, 1.82) is 0 Å². The van der Waals surface area contributed by atoms with Gasteiger partial charge in [-0.25, -0.2) is 4.98 Å². The summed E-state index contributed by atoms with van der Waals surface area (Å²) in [6.07, 6.45) is 3.22. The topological polar surface area (TPSA) is 133 Å². The molecule has 0 unspecified atom stereocenters. The molecule has 11 heteroatoms. The van der Waals surface area contributed by atoms with Gasteiger partial charge in [0.15, 0.2) is 10.9 Å². The number of hydrogen-bond donors (Lipinski definition) is 4. The second kappa shape index (κ2) is 10.5. The zero-order valence-electron chi connectivity index (χ0n) is 19.0. The molecule has 33 heavy (non-hydrogen) atoms. The molecule has 3 rings (SSSR count). The van der Waals surface area contributed by atoms with E-state index in [2.05, 4.69) is 20.7 Å². The van der Waals surface area contributed by atoms with Gasteiger partial charge in [0.05, 0.1) is 18.5 Å². The van der Waals surface area contributed by atoms with Crippen molar-refractivity contribution >= 4 is 39.8 Å². The molecule has 0 spiro atoms. The van der Waals surface area contributed by atoms with E-state index in [-0.39, 0.29) is 37.3 Å². The third kappa shape index (κ3) is 5.68. The average Bonchev–Trinajstić information content (AvgIpc) is 3.38. The third-order valence-corrected chi connectivity index (χ3v) is 6.10. The first-order valence-corrected chi connectivity index (χ1v) is 11.3. The molecule has 2 aromatic heterocycles. The van der Waals surface area contributed by atoms with Crippen molar-refractivity contribution in [3.8, 4) is 5.75 Å². The molecular formula is C22H28N6O4S. The first-order valence-electron chi connectivity index (χ1n) is 10.5. The van der Waals surface area contributed by atoms with E-state index in [9.17, 15) is 14.7 Å². The molecule has 2 amide bonds. The van der Waals surface area contributed by atoms with Crippen LogP contribution in [0.4, 0.5) is 16.6 Å². The fraction of sp³-hybridized carbons (Fsp3) is 0.364. The molecule has 0 saturated carbocycles. The van der Waals surface area contributed by atoms with Crippen LogP contribution in [0.3, 0.4) is 0 Å². The summed E-state index contributed by atoms with van der Waals surface area (Å²) in [5, 5.41) is 29.8. The van der Waals surface area contributed by atoms with Gasteiger partial charge in [-0.3, -0.25) is 14.3 Å². The average molecular weight is 473 g/mol. The number of aryl methyl sites for hydroxylation is 2. The van der Waals surface area contributed by atoms with Crippen molar-refractivity contribution in [3.63, 3.8) is 0 Å². The van der Waals surface area contributed by atoms with Gasteiger partial charge in [0.25, 0.3) is 5.91 Å². The monoisotopic (exact) mass is 472 g/mol. The maximum atomic E-state index is 12.7. The summed E-state index contributed by atoms with van der Waals surface area (Å²) in [6.45, 7) is 8.08. The highest BCUT2D eigenvalue weighted by Crippen LogP contribution is 2.29. The lowest BCUT2D eigenvalue weighted by Gasteiger charge is -2.19. The number of anilines is 3. The number of carbonyl (C=O) groups is 2. The Labute approximate surface area is 195 Å². The zero-order chi connectivity index (χ0) is 24.1. The summed E-state index contributed by atoms with van der Waals surface area (Å²) in [4.78, 5) is 31.3. The second-order valence-corrected chi connectivity index (χ2v) is 8.60. The minimum atomic E-state index is -0.325. The minimum absolute atomic E-state index is 0.0600. The number of aliphatic hydroxyl groups is 1. The van der Waals surface area contributed by atoms with E-state index in [1.807, 2.05) is 20.8 Å². The van der Waals surface area contributed by atoms with Gasteiger partial charge >= 0.3 is 0 Å². The number of likely N-dealkylation sites (N-methyl/N-ethyl adjacent to an activating group) is 1. The number of aromatic hydroxyl groups is 1. The Morgan fingerprint density at radius 3 is 2.67 bits per heavy atom. The second-order valence-electron chi connectivity index (χ2n) is 7.57. The zero-order valence-corrected chi connectivity index (χ0v) is 19.9. The number of thiazole rings is 1. The van der Waals surface area contributed by atoms with E-state index in [1.165, 1.54) is 22.2 Å². The number of rotatable bonds is 9. The molecule has 4 N–H and O–H groups in total. The summed E-state index contributed by atoms with van der Waals surface area (Å²) in [5.74, 6) is 0.194. The molecule has 10 nitrogen and oxygen atoms in total. The number of aliphatic hydroxyl groups excluding tert-OH is 1. The van der Waals surface area contributed by atoms with Crippen molar-refractivity contribution < 1.29 is 19.8 Å². The number of phenols is 1. The van der Waals surface area contributed by atoms with Crippen LogP contribution in [-0.4, -0.2) is 61.4 Å². The van der Waals surface area contributed by atoms with Gasteiger partial charge < -0.3 is 25.7 Å². The molecule has 0 aliphatic carbocycles. The van der Waals surface area contributed by atoms with E-state index in [0.29, 0.717) is 33.6 Å². The fourth-order valence-corrected chi connectivity index (χ4v) is 4.00. The number of carbonyl (C=O) groups excluding carboxylic acids is 2. The van der Waals surface area contributed by atoms with Crippen molar-refractivity contribution in [2.45, 2.75) is 34.2 Å². The molecule has 0 aliphatic rings. The predicted molar refractivity (Wildman–Crippen MR) is 127 cm³/mol. The minimum Gasteiger partial charge on any atom is -0.508 e. The van der Waals surface area contributed by atoms with E-state index in [4.69, 9.17) is 5.11 Å². The summed E-state index contributed by atoms with van der Waals surface area (Å²) in [6, 6.07) is 3.33. The third-order valence-electron chi connectivity index (χ3n) is 5.18. The molecule has 0 radical (unpaired) electrons. The van der Waals surface area contributed by atoms with Gasteiger partial charge in [-0.05, 0) is 39.3 Å². The normalized spacial score (nSPS) is 10.8. The van der Waals surface area contributed by atoms with E-state index < -0.39 is 0 Å². The molecule has 0 fully saturated rings. The lowest BCUT2D eigenvalue weighted by molar-refractivity contribution is -0.132. The number of aromatic nitrogens is 3. The first-order chi connectivity index (χ1) is 15.7. The molecular weight excluding hydrogens is 444 g/mol. The van der Waals surface area contributed by atoms with Gasteiger partial charge in [0.2, 0.25) is 5.91 Å². The molecule has 0 bridgehead atoms. The van der Waals surface area contributed by atoms with Gasteiger partial charge in [-0.15, -0.1) is 0 Å². The van der Waals surface area contributed by atoms with Crippen LogP contribution in [0.1, 0.15) is 33.3 Å². The standard InChI is InChI=1S/C22H28N6O4S/c1-5-27(8-9-29)18(31)12-28-11-14(3)20(26-28)25-22-23-10-17(33-22)21(32)24-19-13(2)6-7-16(30)15(19)4/h6-7,10-11,29-30H,5,8-9,12H2,1-4H3,(H,24,32)(H,23,25,26). The smallest absolute Gasteiger partial charge is 0.267 e. The lowest BCUT2D eigenvalue weighted by atomic mass is 10.1. The quantitative estimate of drug-likeness (QED) is 0.376.